The second-order valence-electron chi connectivity index (χ2n) is 10.9. The lowest BCUT2D eigenvalue weighted by Crippen LogP contribution is -2.38. The summed E-state index contributed by atoms with van der Waals surface area (Å²) in [6, 6.07) is 1.52. The minimum Gasteiger partial charge on any atom is -0.507 e. The standard InChI is InChI=1S/C30H44O4/c1-19(2)10-9-11-21(5)14-17-24-25(31)18-26(27(29(24)33)28(32)20(3)4)34-30(7,8)23-15-12-22(6)13-16-23/h10,12,14,18,20,23,31,33H,9,11,13,15-17H2,1-8H3. The van der Waals surface area contributed by atoms with Crippen LogP contribution in [0, 0.1) is 11.8 Å². The van der Waals surface area contributed by atoms with E-state index in [4.69, 9.17) is 4.74 Å². The van der Waals surface area contributed by atoms with E-state index in [0.717, 1.165) is 32.1 Å². The van der Waals surface area contributed by atoms with Crippen LogP contribution in [0.4, 0.5) is 0 Å². The van der Waals surface area contributed by atoms with Crippen LogP contribution in [0.2, 0.25) is 0 Å². The lowest BCUT2D eigenvalue weighted by molar-refractivity contribution is 0.0368. The first-order chi connectivity index (χ1) is 15.8. The summed E-state index contributed by atoms with van der Waals surface area (Å²) in [5.41, 5.74) is 3.85. The molecule has 2 rings (SSSR count). The maximum atomic E-state index is 13.1. The van der Waals surface area contributed by atoms with Gasteiger partial charge in [-0.15, -0.1) is 0 Å². The van der Waals surface area contributed by atoms with Gasteiger partial charge in [-0.3, -0.25) is 4.79 Å². The highest BCUT2D eigenvalue weighted by Crippen LogP contribution is 2.43. The summed E-state index contributed by atoms with van der Waals surface area (Å²) in [4.78, 5) is 13.1. The van der Waals surface area contributed by atoms with E-state index in [9.17, 15) is 15.0 Å². The fourth-order valence-electron chi connectivity index (χ4n) is 4.41. The Balaban J connectivity index is 2.39. The topological polar surface area (TPSA) is 66.8 Å². The number of benzene rings is 1. The maximum Gasteiger partial charge on any atom is 0.172 e. The Morgan fingerprint density at radius 2 is 1.88 bits per heavy atom. The van der Waals surface area contributed by atoms with Crippen molar-refractivity contribution in [3.63, 3.8) is 0 Å². The summed E-state index contributed by atoms with van der Waals surface area (Å²) in [5.74, 6) is -0.163. The molecule has 0 amide bonds. The molecule has 0 heterocycles. The van der Waals surface area contributed by atoms with Crippen LogP contribution in [0.5, 0.6) is 17.2 Å². The summed E-state index contributed by atoms with van der Waals surface area (Å²) in [6.07, 6.45) is 11.6. The third kappa shape index (κ3) is 7.25. The molecular formula is C30H44O4. The Hall–Kier alpha value is -2.49. The summed E-state index contributed by atoms with van der Waals surface area (Å²) in [7, 11) is 0. The Kier molecular flexibility index (Phi) is 9.61. The van der Waals surface area contributed by atoms with E-state index in [1.807, 2.05) is 40.7 Å². The molecule has 0 saturated heterocycles. The number of allylic oxidation sites excluding steroid dienone is 6. The van der Waals surface area contributed by atoms with Gasteiger partial charge in [0.15, 0.2) is 5.78 Å². The number of hydrogen-bond donors (Lipinski definition) is 2. The molecule has 0 aliphatic heterocycles. The van der Waals surface area contributed by atoms with Gasteiger partial charge in [0.05, 0.1) is 0 Å². The third-order valence-electron chi connectivity index (χ3n) is 6.86. The van der Waals surface area contributed by atoms with Crippen molar-refractivity contribution >= 4 is 5.78 Å². The van der Waals surface area contributed by atoms with Gasteiger partial charge in [0, 0.05) is 23.5 Å². The van der Waals surface area contributed by atoms with Crippen LogP contribution in [0.1, 0.15) is 103 Å². The first kappa shape index (κ1) is 27.8. The molecule has 4 heteroatoms. The van der Waals surface area contributed by atoms with Gasteiger partial charge in [-0.2, -0.15) is 0 Å². The highest BCUT2D eigenvalue weighted by atomic mass is 16.5. The van der Waals surface area contributed by atoms with Crippen LogP contribution in [0.3, 0.4) is 0 Å². The second-order valence-corrected chi connectivity index (χ2v) is 10.9. The van der Waals surface area contributed by atoms with Crippen molar-refractivity contribution in [2.45, 2.75) is 99.5 Å². The van der Waals surface area contributed by atoms with Crippen molar-refractivity contribution in [2.24, 2.45) is 11.8 Å². The van der Waals surface area contributed by atoms with Gasteiger partial charge >= 0.3 is 0 Å². The Labute approximate surface area is 206 Å². The zero-order chi connectivity index (χ0) is 25.6. The van der Waals surface area contributed by atoms with E-state index in [2.05, 4.69) is 32.9 Å². The van der Waals surface area contributed by atoms with Crippen LogP contribution in [-0.2, 0) is 6.42 Å². The average Bonchev–Trinajstić information content (AvgIpc) is 2.72. The molecule has 2 N–H and O–H groups in total. The molecule has 0 radical (unpaired) electrons. The van der Waals surface area contributed by atoms with Crippen molar-refractivity contribution in [2.75, 3.05) is 0 Å². The van der Waals surface area contributed by atoms with Crippen molar-refractivity contribution in [1.82, 2.24) is 0 Å². The van der Waals surface area contributed by atoms with Gasteiger partial charge in [-0.25, -0.2) is 0 Å². The quantitative estimate of drug-likeness (QED) is 0.269. The molecule has 188 valence electrons. The molecule has 1 aliphatic rings. The zero-order valence-corrected chi connectivity index (χ0v) is 22.4. The number of hydrogen-bond acceptors (Lipinski definition) is 4. The third-order valence-corrected chi connectivity index (χ3v) is 6.86. The molecule has 0 bridgehead atoms. The fourth-order valence-corrected chi connectivity index (χ4v) is 4.41. The van der Waals surface area contributed by atoms with Crippen LogP contribution in [0.15, 0.2) is 41.0 Å². The normalized spacial score (nSPS) is 16.9. The summed E-state index contributed by atoms with van der Waals surface area (Å²) < 4.78 is 6.40. The maximum absolute atomic E-state index is 13.1. The number of ketones is 1. The molecule has 0 spiro atoms. The molecule has 1 atom stereocenters. The summed E-state index contributed by atoms with van der Waals surface area (Å²) in [6.45, 7) is 16.0. The Morgan fingerprint density at radius 3 is 2.44 bits per heavy atom. The molecular weight excluding hydrogens is 424 g/mol. The van der Waals surface area contributed by atoms with Crippen LogP contribution >= 0.6 is 0 Å². The van der Waals surface area contributed by atoms with Gasteiger partial charge in [-0.05, 0) is 80.1 Å². The molecule has 1 unspecified atom stereocenters. The number of Topliss-reactive ketones (excluding diaryl/α,β-unsaturated/α-hetero) is 1. The van der Waals surface area contributed by atoms with Gasteiger partial charge in [-0.1, -0.05) is 48.8 Å². The average molecular weight is 469 g/mol. The number of rotatable bonds is 10. The summed E-state index contributed by atoms with van der Waals surface area (Å²) >= 11 is 0. The minimum atomic E-state index is -0.551. The fraction of sp³-hybridized carbons (Fsp3) is 0.567. The smallest absolute Gasteiger partial charge is 0.172 e. The van der Waals surface area contributed by atoms with Crippen molar-refractivity contribution in [3.05, 3.63) is 52.1 Å². The van der Waals surface area contributed by atoms with Gasteiger partial charge in [0.1, 0.15) is 28.4 Å². The van der Waals surface area contributed by atoms with Crippen molar-refractivity contribution < 1.29 is 19.7 Å². The highest BCUT2D eigenvalue weighted by Gasteiger charge is 2.35. The molecule has 34 heavy (non-hydrogen) atoms. The number of aromatic hydroxyl groups is 2. The first-order valence-electron chi connectivity index (χ1n) is 12.6. The Bertz CT molecular complexity index is 972. The first-order valence-corrected chi connectivity index (χ1v) is 12.6. The number of carbonyl (C=O) groups is 1. The van der Waals surface area contributed by atoms with Crippen molar-refractivity contribution in [3.8, 4) is 17.2 Å². The van der Waals surface area contributed by atoms with E-state index < -0.39 is 5.60 Å². The Morgan fingerprint density at radius 1 is 1.21 bits per heavy atom. The van der Waals surface area contributed by atoms with Gasteiger partial charge in [0.25, 0.3) is 0 Å². The van der Waals surface area contributed by atoms with Crippen LogP contribution in [-0.4, -0.2) is 21.6 Å². The van der Waals surface area contributed by atoms with E-state index in [1.165, 1.54) is 22.8 Å². The van der Waals surface area contributed by atoms with Crippen molar-refractivity contribution in [1.29, 1.82) is 0 Å². The molecule has 1 aliphatic carbocycles. The largest absolute Gasteiger partial charge is 0.507 e. The molecule has 1 aromatic rings. The van der Waals surface area contributed by atoms with E-state index in [1.54, 1.807) is 0 Å². The molecule has 0 saturated carbocycles. The molecule has 4 nitrogen and oxygen atoms in total. The second kappa shape index (κ2) is 11.8. The number of ether oxygens (including phenoxy) is 1. The predicted molar refractivity (Wildman–Crippen MR) is 141 cm³/mol. The SMILES string of the molecule is CC(C)=CCCC(C)=CCc1c(O)cc(OC(C)(C)C2CC=C(C)CC2)c(C(=O)C(C)C)c1O. The number of phenolic OH excluding ortho intramolecular Hbond substituents is 2. The predicted octanol–water partition coefficient (Wildman–Crippen LogP) is 8.08. The number of carbonyl (C=O) groups excluding carboxylic acids is 1. The van der Waals surface area contributed by atoms with Crippen LogP contribution < -0.4 is 4.74 Å². The zero-order valence-electron chi connectivity index (χ0n) is 22.4. The monoisotopic (exact) mass is 468 g/mol. The minimum absolute atomic E-state index is 0.0451. The molecule has 0 fully saturated rings. The van der Waals surface area contributed by atoms with Crippen LogP contribution in [0.25, 0.3) is 0 Å². The highest BCUT2D eigenvalue weighted by molar-refractivity contribution is 6.03. The molecule has 1 aromatic carbocycles. The van der Waals surface area contributed by atoms with Gasteiger partial charge < -0.3 is 14.9 Å². The van der Waals surface area contributed by atoms with E-state index >= 15 is 0 Å². The summed E-state index contributed by atoms with van der Waals surface area (Å²) in [5, 5.41) is 22.0. The van der Waals surface area contributed by atoms with E-state index in [0.29, 0.717) is 12.0 Å². The van der Waals surface area contributed by atoms with Gasteiger partial charge in [0.2, 0.25) is 0 Å². The molecule has 0 aromatic heterocycles. The van der Waals surface area contributed by atoms with E-state index in [-0.39, 0.29) is 40.4 Å². The lowest BCUT2D eigenvalue weighted by Gasteiger charge is -2.37. The lowest BCUT2D eigenvalue weighted by atomic mass is 9.79. The number of phenols is 2.